The van der Waals surface area contributed by atoms with Crippen LogP contribution in [0.4, 0.5) is 0 Å². The average molecular weight is 475 g/mol. The molecule has 0 saturated carbocycles. The molecule has 11 N–H and O–H groups in total. The number of aliphatic carboxylic acids is 1. The van der Waals surface area contributed by atoms with E-state index in [1.807, 2.05) is 24.3 Å². The van der Waals surface area contributed by atoms with Crippen molar-refractivity contribution in [2.75, 3.05) is 19.6 Å². The SMILES string of the molecule is NCC(=O)NC(Cc1c[nH]c2ccccc12)C(=O)NCC(=O)NC(CCCN=C(N)N)C(=O)O. The number of carbonyl (C=O) groups is 4. The Labute approximate surface area is 195 Å². The van der Waals surface area contributed by atoms with Gasteiger partial charge in [0.25, 0.3) is 0 Å². The van der Waals surface area contributed by atoms with Gasteiger partial charge in [-0.2, -0.15) is 0 Å². The average Bonchev–Trinajstić information content (AvgIpc) is 3.21. The summed E-state index contributed by atoms with van der Waals surface area (Å²) in [6, 6.07) is 5.33. The zero-order valence-electron chi connectivity index (χ0n) is 18.5. The van der Waals surface area contributed by atoms with Crippen LogP contribution in [0.5, 0.6) is 0 Å². The lowest BCUT2D eigenvalue weighted by molar-refractivity contribution is -0.142. The molecule has 34 heavy (non-hydrogen) atoms. The number of aliphatic imine (C=N–C) groups is 1. The maximum Gasteiger partial charge on any atom is 0.326 e. The molecule has 1 aromatic heterocycles. The summed E-state index contributed by atoms with van der Waals surface area (Å²) in [5.41, 5.74) is 17.5. The molecule has 0 radical (unpaired) electrons. The van der Waals surface area contributed by atoms with Gasteiger partial charge >= 0.3 is 5.97 Å². The quantitative estimate of drug-likeness (QED) is 0.0907. The van der Waals surface area contributed by atoms with Gasteiger partial charge in [-0.1, -0.05) is 18.2 Å². The highest BCUT2D eigenvalue weighted by Crippen LogP contribution is 2.19. The van der Waals surface area contributed by atoms with E-state index in [0.29, 0.717) is 6.42 Å². The summed E-state index contributed by atoms with van der Waals surface area (Å²) in [6.07, 6.45) is 2.33. The molecule has 0 aliphatic rings. The van der Waals surface area contributed by atoms with E-state index in [9.17, 15) is 24.3 Å². The molecule has 1 heterocycles. The molecule has 2 atom stereocenters. The van der Waals surface area contributed by atoms with E-state index in [-0.39, 0.29) is 31.9 Å². The number of fused-ring (bicyclic) bond motifs is 1. The van der Waals surface area contributed by atoms with Crippen LogP contribution in [0.3, 0.4) is 0 Å². The first-order chi connectivity index (χ1) is 16.2. The molecule has 2 aromatic rings. The van der Waals surface area contributed by atoms with Crippen LogP contribution in [0.1, 0.15) is 18.4 Å². The zero-order chi connectivity index (χ0) is 25.1. The summed E-state index contributed by atoms with van der Waals surface area (Å²) in [7, 11) is 0. The number of hydrogen-bond acceptors (Lipinski definition) is 6. The number of carbonyl (C=O) groups excluding carboxylic acids is 3. The monoisotopic (exact) mass is 474 g/mol. The number of nitrogens with two attached hydrogens (primary N) is 3. The number of benzene rings is 1. The zero-order valence-corrected chi connectivity index (χ0v) is 18.5. The predicted octanol–water partition coefficient (Wildman–Crippen LogP) is -2.11. The molecule has 0 aliphatic heterocycles. The minimum atomic E-state index is -1.23. The minimum absolute atomic E-state index is 0.0988. The highest BCUT2D eigenvalue weighted by molar-refractivity contribution is 5.93. The second kappa shape index (κ2) is 12.8. The number of para-hydroxylation sites is 1. The molecule has 0 bridgehead atoms. The highest BCUT2D eigenvalue weighted by atomic mass is 16.4. The Hall–Kier alpha value is -4.13. The van der Waals surface area contributed by atoms with E-state index in [4.69, 9.17) is 17.2 Å². The first kappa shape index (κ1) is 26.1. The van der Waals surface area contributed by atoms with Crippen molar-refractivity contribution in [2.24, 2.45) is 22.2 Å². The third-order valence-corrected chi connectivity index (χ3v) is 4.94. The van der Waals surface area contributed by atoms with Gasteiger partial charge in [-0.15, -0.1) is 0 Å². The Balaban J connectivity index is 1.96. The van der Waals surface area contributed by atoms with Crippen molar-refractivity contribution in [1.82, 2.24) is 20.9 Å². The van der Waals surface area contributed by atoms with Crippen LogP contribution in [0.25, 0.3) is 10.9 Å². The third kappa shape index (κ3) is 8.09. The number of aromatic amines is 1. The number of H-pyrrole nitrogens is 1. The molecule has 2 rings (SSSR count). The summed E-state index contributed by atoms with van der Waals surface area (Å²) < 4.78 is 0. The number of guanidine groups is 1. The Morgan fingerprint density at radius 1 is 1.06 bits per heavy atom. The molecule has 3 amide bonds. The number of carboxylic acids is 1. The summed E-state index contributed by atoms with van der Waals surface area (Å²) >= 11 is 0. The Morgan fingerprint density at radius 2 is 1.76 bits per heavy atom. The fourth-order valence-electron chi connectivity index (χ4n) is 3.28. The number of amides is 3. The molecular formula is C21H30N8O5. The lowest BCUT2D eigenvalue weighted by Gasteiger charge is -2.19. The van der Waals surface area contributed by atoms with Gasteiger partial charge in [0, 0.05) is 30.1 Å². The number of rotatable bonds is 13. The standard InChI is InChI=1S/C21H30N8O5/c22-9-17(30)29-16(8-12-10-26-14-5-2-1-4-13(12)14)19(32)27-11-18(31)28-15(20(33)34)6-3-7-25-21(23)24/h1-2,4-5,10,15-16,26H,3,6-9,11,22H2,(H,27,32)(H,28,31)(H,29,30)(H,33,34)(H4,23,24,25). The molecule has 1 aromatic carbocycles. The van der Waals surface area contributed by atoms with Crippen molar-refractivity contribution in [3.8, 4) is 0 Å². The van der Waals surface area contributed by atoms with Gasteiger partial charge in [0.1, 0.15) is 12.1 Å². The van der Waals surface area contributed by atoms with Gasteiger partial charge in [-0.25, -0.2) is 4.79 Å². The Bertz CT molecular complexity index is 1050. The van der Waals surface area contributed by atoms with E-state index in [1.54, 1.807) is 6.20 Å². The van der Waals surface area contributed by atoms with Gasteiger partial charge in [-0.05, 0) is 24.5 Å². The van der Waals surface area contributed by atoms with Crippen LogP contribution < -0.4 is 33.2 Å². The first-order valence-electron chi connectivity index (χ1n) is 10.6. The van der Waals surface area contributed by atoms with Crippen molar-refractivity contribution in [1.29, 1.82) is 0 Å². The van der Waals surface area contributed by atoms with Crippen LogP contribution in [-0.4, -0.2) is 71.5 Å². The van der Waals surface area contributed by atoms with E-state index in [1.165, 1.54) is 0 Å². The van der Waals surface area contributed by atoms with E-state index >= 15 is 0 Å². The van der Waals surface area contributed by atoms with Crippen molar-refractivity contribution in [3.05, 3.63) is 36.0 Å². The number of nitrogens with zero attached hydrogens (tertiary/aromatic N) is 1. The molecule has 13 heteroatoms. The number of nitrogens with one attached hydrogen (secondary N) is 4. The van der Waals surface area contributed by atoms with Crippen molar-refractivity contribution < 1.29 is 24.3 Å². The van der Waals surface area contributed by atoms with Crippen molar-refractivity contribution in [2.45, 2.75) is 31.3 Å². The van der Waals surface area contributed by atoms with Crippen molar-refractivity contribution >= 4 is 40.6 Å². The Morgan fingerprint density at radius 3 is 2.44 bits per heavy atom. The third-order valence-electron chi connectivity index (χ3n) is 4.94. The van der Waals surface area contributed by atoms with Gasteiger partial charge < -0.3 is 43.2 Å². The maximum atomic E-state index is 12.7. The topological polar surface area (TPSA) is 231 Å². The van der Waals surface area contributed by atoms with Crippen LogP contribution >= 0.6 is 0 Å². The molecule has 0 aliphatic carbocycles. The largest absolute Gasteiger partial charge is 0.480 e. The maximum absolute atomic E-state index is 12.7. The molecule has 2 unspecified atom stereocenters. The predicted molar refractivity (Wildman–Crippen MR) is 125 cm³/mol. The highest BCUT2D eigenvalue weighted by Gasteiger charge is 2.24. The molecule has 0 spiro atoms. The second-order valence-electron chi connectivity index (χ2n) is 7.51. The van der Waals surface area contributed by atoms with Crippen molar-refractivity contribution in [3.63, 3.8) is 0 Å². The number of carboxylic acid groups (broad SMARTS) is 1. The normalized spacial score (nSPS) is 12.4. The summed E-state index contributed by atoms with van der Waals surface area (Å²) in [4.78, 5) is 55.1. The van der Waals surface area contributed by atoms with Gasteiger partial charge in [0.2, 0.25) is 17.7 Å². The first-order valence-corrected chi connectivity index (χ1v) is 10.6. The Kier molecular flexibility index (Phi) is 9.83. The van der Waals surface area contributed by atoms with Gasteiger partial charge in [0.05, 0.1) is 13.1 Å². The molecule has 0 fully saturated rings. The molecule has 13 nitrogen and oxygen atoms in total. The van der Waals surface area contributed by atoms with Gasteiger partial charge in [-0.3, -0.25) is 19.4 Å². The van der Waals surface area contributed by atoms with Gasteiger partial charge in [0.15, 0.2) is 5.96 Å². The van der Waals surface area contributed by atoms with Crippen LogP contribution in [-0.2, 0) is 25.6 Å². The number of aromatic nitrogens is 1. The lowest BCUT2D eigenvalue weighted by atomic mass is 10.0. The van der Waals surface area contributed by atoms with E-state index in [2.05, 4.69) is 25.9 Å². The van der Waals surface area contributed by atoms with E-state index < -0.39 is 42.3 Å². The molecular weight excluding hydrogens is 444 g/mol. The second-order valence-corrected chi connectivity index (χ2v) is 7.51. The molecule has 0 saturated heterocycles. The smallest absolute Gasteiger partial charge is 0.326 e. The fraction of sp³-hybridized carbons (Fsp3) is 0.381. The minimum Gasteiger partial charge on any atom is -0.480 e. The summed E-state index contributed by atoms with van der Waals surface area (Å²) in [5.74, 6) is -3.17. The summed E-state index contributed by atoms with van der Waals surface area (Å²) in [5, 5.41) is 17.5. The van der Waals surface area contributed by atoms with E-state index in [0.717, 1.165) is 16.5 Å². The lowest BCUT2D eigenvalue weighted by Crippen LogP contribution is -2.52. The number of hydrogen-bond donors (Lipinski definition) is 8. The fourth-order valence-corrected chi connectivity index (χ4v) is 3.28. The molecule has 184 valence electrons. The van der Waals surface area contributed by atoms with Crippen LogP contribution in [0, 0.1) is 0 Å². The van der Waals surface area contributed by atoms with Crippen LogP contribution in [0.2, 0.25) is 0 Å². The summed E-state index contributed by atoms with van der Waals surface area (Å²) in [6.45, 7) is -0.563. The van der Waals surface area contributed by atoms with Crippen LogP contribution in [0.15, 0.2) is 35.5 Å².